The van der Waals surface area contributed by atoms with Gasteiger partial charge < -0.3 is 14.3 Å². The van der Waals surface area contributed by atoms with E-state index in [4.69, 9.17) is 9.15 Å². The predicted octanol–water partition coefficient (Wildman–Crippen LogP) is 5.73. The predicted molar refractivity (Wildman–Crippen MR) is 110 cm³/mol. The van der Waals surface area contributed by atoms with Crippen LogP contribution in [0.2, 0.25) is 0 Å². The molecular weight excluding hydrogens is 352 g/mol. The van der Waals surface area contributed by atoms with Crippen molar-refractivity contribution in [2.45, 2.75) is 0 Å². The number of aromatic carboxylic acids is 1. The number of carboxylic acid groups (broad SMARTS) is 1. The van der Waals surface area contributed by atoms with E-state index in [0.29, 0.717) is 11.1 Å². The maximum absolute atomic E-state index is 11.8. The molecule has 0 unspecified atom stereocenters. The largest absolute Gasteiger partial charge is 0.497 e. The number of methoxy groups -OCH3 is 1. The molecular formula is C24H18O4. The molecule has 138 valence electrons. The van der Waals surface area contributed by atoms with E-state index in [1.54, 1.807) is 13.2 Å². The van der Waals surface area contributed by atoms with Crippen LogP contribution in [-0.4, -0.2) is 18.2 Å². The summed E-state index contributed by atoms with van der Waals surface area (Å²) in [5, 5.41) is 10.4. The Labute approximate surface area is 162 Å². The topological polar surface area (TPSA) is 59.7 Å². The number of furan rings is 1. The second kappa shape index (κ2) is 7.45. The third-order valence-corrected chi connectivity index (χ3v) is 4.60. The van der Waals surface area contributed by atoms with Gasteiger partial charge in [0.05, 0.1) is 7.11 Å². The average molecular weight is 370 g/mol. The Morgan fingerprint density at radius 1 is 0.893 bits per heavy atom. The maximum Gasteiger partial charge on any atom is 0.372 e. The third kappa shape index (κ3) is 3.28. The molecule has 4 rings (SSSR count). The molecule has 1 N–H and O–H groups in total. The van der Waals surface area contributed by atoms with Crippen molar-refractivity contribution in [1.29, 1.82) is 0 Å². The number of hydrogen-bond acceptors (Lipinski definition) is 3. The Bertz CT molecular complexity index is 1150. The minimum atomic E-state index is -1.09. The van der Waals surface area contributed by atoms with Crippen molar-refractivity contribution < 1.29 is 19.1 Å². The standard InChI is InChI=1S/C24H18O4/c1-27-18-13-11-17(12-14-18)20(16-7-3-2-4-8-16)15-21-19-9-5-6-10-22(19)28-23(21)24(25)26/h2-15H,1H3,(H,25,26). The van der Waals surface area contributed by atoms with E-state index in [0.717, 1.165) is 27.8 Å². The molecule has 0 saturated heterocycles. The summed E-state index contributed by atoms with van der Waals surface area (Å²) in [6.45, 7) is 0. The lowest BCUT2D eigenvalue weighted by Gasteiger charge is -2.10. The van der Waals surface area contributed by atoms with Crippen LogP contribution in [0.3, 0.4) is 0 Å². The minimum absolute atomic E-state index is 0.0665. The van der Waals surface area contributed by atoms with Gasteiger partial charge >= 0.3 is 5.97 Å². The number of hydrogen-bond donors (Lipinski definition) is 1. The summed E-state index contributed by atoms with van der Waals surface area (Å²) in [6, 6.07) is 24.9. The molecule has 0 fully saturated rings. The van der Waals surface area contributed by atoms with Crippen LogP contribution in [0.15, 0.2) is 83.3 Å². The highest BCUT2D eigenvalue weighted by atomic mass is 16.5. The van der Waals surface area contributed by atoms with E-state index >= 15 is 0 Å². The molecule has 0 amide bonds. The number of para-hydroxylation sites is 1. The second-order valence-electron chi connectivity index (χ2n) is 6.30. The number of carboxylic acids is 1. The highest BCUT2D eigenvalue weighted by molar-refractivity contribution is 6.04. The molecule has 0 atom stereocenters. The lowest BCUT2D eigenvalue weighted by atomic mass is 9.95. The SMILES string of the molecule is COc1ccc(C(=Cc2c(C(=O)O)oc3ccccc23)c2ccccc2)cc1. The second-order valence-corrected chi connectivity index (χ2v) is 6.30. The highest BCUT2D eigenvalue weighted by Gasteiger charge is 2.19. The van der Waals surface area contributed by atoms with Crippen molar-refractivity contribution in [2.75, 3.05) is 7.11 Å². The van der Waals surface area contributed by atoms with Gasteiger partial charge in [0.1, 0.15) is 11.3 Å². The van der Waals surface area contributed by atoms with Crippen LogP contribution < -0.4 is 4.74 Å². The molecule has 3 aromatic carbocycles. The smallest absolute Gasteiger partial charge is 0.372 e. The van der Waals surface area contributed by atoms with Gasteiger partial charge in [0.25, 0.3) is 0 Å². The normalized spacial score (nSPS) is 11.5. The maximum atomic E-state index is 11.8. The molecule has 1 aromatic heterocycles. The molecule has 0 saturated carbocycles. The van der Waals surface area contributed by atoms with E-state index in [1.165, 1.54) is 0 Å². The lowest BCUT2D eigenvalue weighted by molar-refractivity contribution is 0.0664. The van der Waals surface area contributed by atoms with Gasteiger partial charge in [0.2, 0.25) is 5.76 Å². The fourth-order valence-electron chi connectivity index (χ4n) is 3.23. The van der Waals surface area contributed by atoms with E-state index in [9.17, 15) is 9.90 Å². The van der Waals surface area contributed by atoms with E-state index in [-0.39, 0.29) is 5.76 Å². The van der Waals surface area contributed by atoms with Crippen molar-refractivity contribution >= 4 is 28.6 Å². The summed E-state index contributed by atoms with van der Waals surface area (Å²) < 4.78 is 10.9. The molecule has 0 aliphatic carbocycles. The Hall–Kier alpha value is -3.79. The minimum Gasteiger partial charge on any atom is -0.497 e. The van der Waals surface area contributed by atoms with E-state index in [2.05, 4.69) is 0 Å². The van der Waals surface area contributed by atoms with Crippen LogP contribution in [0.25, 0.3) is 22.6 Å². The molecule has 4 aromatic rings. The van der Waals surface area contributed by atoms with Gasteiger partial charge in [-0.1, -0.05) is 60.7 Å². The summed E-state index contributed by atoms with van der Waals surface area (Å²) in [7, 11) is 1.62. The Kier molecular flexibility index (Phi) is 4.68. The van der Waals surface area contributed by atoms with Crippen molar-refractivity contribution in [3.63, 3.8) is 0 Å². The van der Waals surface area contributed by atoms with Crippen LogP contribution in [-0.2, 0) is 0 Å². The zero-order chi connectivity index (χ0) is 19.5. The third-order valence-electron chi connectivity index (χ3n) is 4.60. The highest BCUT2D eigenvalue weighted by Crippen LogP contribution is 2.33. The first kappa shape index (κ1) is 17.6. The Morgan fingerprint density at radius 3 is 2.21 bits per heavy atom. The van der Waals surface area contributed by atoms with Crippen LogP contribution in [0.1, 0.15) is 27.2 Å². The van der Waals surface area contributed by atoms with Crippen molar-refractivity contribution in [3.05, 3.63) is 101 Å². The average Bonchev–Trinajstić information content (AvgIpc) is 3.11. The van der Waals surface area contributed by atoms with E-state index in [1.807, 2.05) is 78.9 Å². The fraction of sp³-hybridized carbons (Fsp3) is 0.0417. The van der Waals surface area contributed by atoms with E-state index < -0.39 is 5.97 Å². The Balaban J connectivity index is 1.97. The lowest BCUT2D eigenvalue weighted by Crippen LogP contribution is -1.97. The monoisotopic (exact) mass is 370 g/mol. The van der Waals surface area contributed by atoms with Crippen LogP contribution in [0.4, 0.5) is 0 Å². The number of benzene rings is 3. The van der Waals surface area contributed by atoms with Crippen LogP contribution in [0, 0.1) is 0 Å². The summed E-state index contributed by atoms with van der Waals surface area (Å²) in [4.78, 5) is 11.8. The van der Waals surface area contributed by atoms with Gasteiger partial charge in [-0.2, -0.15) is 0 Å². The molecule has 0 aliphatic heterocycles. The number of fused-ring (bicyclic) bond motifs is 1. The Morgan fingerprint density at radius 2 is 1.54 bits per heavy atom. The zero-order valence-corrected chi connectivity index (χ0v) is 15.3. The first-order chi connectivity index (χ1) is 13.7. The zero-order valence-electron chi connectivity index (χ0n) is 15.3. The first-order valence-corrected chi connectivity index (χ1v) is 8.84. The molecule has 28 heavy (non-hydrogen) atoms. The summed E-state index contributed by atoms with van der Waals surface area (Å²) in [5.74, 6) is -0.399. The van der Waals surface area contributed by atoms with Crippen molar-refractivity contribution in [1.82, 2.24) is 0 Å². The molecule has 0 aliphatic rings. The number of ether oxygens (including phenoxy) is 1. The fourth-order valence-corrected chi connectivity index (χ4v) is 3.23. The van der Waals surface area contributed by atoms with Gasteiger partial charge in [-0.3, -0.25) is 0 Å². The van der Waals surface area contributed by atoms with Gasteiger partial charge in [-0.15, -0.1) is 0 Å². The summed E-state index contributed by atoms with van der Waals surface area (Å²) >= 11 is 0. The molecule has 1 heterocycles. The van der Waals surface area contributed by atoms with Gasteiger partial charge in [-0.05, 0) is 41.0 Å². The van der Waals surface area contributed by atoms with Gasteiger partial charge in [-0.25, -0.2) is 4.79 Å². The number of carbonyl (C=O) groups is 1. The van der Waals surface area contributed by atoms with Gasteiger partial charge in [0, 0.05) is 10.9 Å². The first-order valence-electron chi connectivity index (χ1n) is 8.84. The quantitative estimate of drug-likeness (QED) is 0.487. The molecule has 4 heteroatoms. The molecule has 0 radical (unpaired) electrons. The van der Waals surface area contributed by atoms with Crippen molar-refractivity contribution in [3.8, 4) is 5.75 Å². The molecule has 0 spiro atoms. The van der Waals surface area contributed by atoms with Crippen molar-refractivity contribution in [2.24, 2.45) is 0 Å². The summed E-state index contributed by atoms with van der Waals surface area (Å²) in [5.41, 5.74) is 3.94. The number of rotatable bonds is 5. The summed E-state index contributed by atoms with van der Waals surface area (Å²) in [6.07, 6.45) is 1.88. The van der Waals surface area contributed by atoms with Gasteiger partial charge in [0.15, 0.2) is 0 Å². The molecule has 4 nitrogen and oxygen atoms in total. The van der Waals surface area contributed by atoms with Crippen LogP contribution >= 0.6 is 0 Å². The van der Waals surface area contributed by atoms with Crippen LogP contribution in [0.5, 0.6) is 5.75 Å². The molecule has 0 bridgehead atoms.